The highest BCUT2D eigenvalue weighted by Crippen LogP contribution is 2.22. The Labute approximate surface area is 108 Å². The minimum Gasteiger partial charge on any atom is -0.489 e. The number of hydrogen-bond acceptors (Lipinski definition) is 2. The summed E-state index contributed by atoms with van der Waals surface area (Å²) >= 11 is 0. The van der Waals surface area contributed by atoms with Crippen LogP contribution in [-0.2, 0) is 6.61 Å². The SMILES string of the molecule is Fc1ccc(OCc2ccccc2OC(F)F)cc1. The number of halogens is 3. The second-order valence-corrected chi connectivity index (χ2v) is 3.73. The summed E-state index contributed by atoms with van der Waals surface area (Å²) in [6, 6.07) is 11.8. The molecule has 0 atom stereocenters. The van der Waals surface area contributed by atoms with Gasteiger partial charge in [-0.3, -0.25) is 0 Å². The minimum absolute atomic E-state index is 0.0640. The van der Waals surface area contributed by atoms with Crippen LogP contribution in [0.25, 0.3) is 0 Å². The highest BCUT2D eigenvalue weighted by Gasteiger charge is 2.09. The molecule has 0 aliphatic rings. The normalized spacial score (nSPS) is 10.5. The molecule has 19 heavy (non-hydrogen) atoms. The van der Waals surface area contributed by atoms with Crippen LogP contribution < -0.4 is 9.47 Å². The quantitative estimate of drug-likeness (QED) is 0.815. The van der Waals surface area contributed by atoms with Crippen molar-refractivity contribution in [1.82, 2.24) is 0 Å². The van der Waals surface area contributed by atoms with E-state index in [1.54, 1.807) is 18.2 Å². The summed E-state index contributed by atoms with van der Waals surface area (Å²) in [4.78, 5) is 0. The summed E-state index contributed by atoms with van der Waals surface area (Å²) in [5.74, 6) is 0.154. The second kappa shape index (κ2) is 6.13. The summed E-state index contributed by atoms with van der Waals surface area (Å²) in [6.45, 7) is -2.82. The Balaban J connectivity index is 2.04. The standard InChI is InChI=1S/C14H11F3O2/c15-11-5-7-12(8-6-11)18-9-10-3-1-2-4-13(10)19-14(16)17/h1-8,14H,9H2. The molecule has 0 N–H and O–H groups in total. The predicted octanol–water partition coefficient (Wildman–Crippen LogP) is 4.01. The van der Waals surface area contributed by atoms with Gasteiger partial charge in [0, 0.05) is 5.56 Å². The first-order valence-electron chi connectivity index (χ1n) is 5.56. The molecule has 0 heterocycles. The first kappa shape index (κ1) is 13.3. The number of benzene rings is 2. The van der Waals surface area contributed by atoms with E-state index in [9.17, 15) is 13.2 Å². The van der Waals surface area contributed by atoms with Gasteiger partial charge in [-0.15, -0.1) is 0 Å². The average molecular weight is 268 g/mol. The topological polar surface area (TPSA) is 18.5 Å². The molecule has 2 aromatic carbocycles. The van der Waals surface area contributed by atoms with E-state index in [0.29, 0.717) is 11.3 Å². The van der Waals surface area contributed by atoms with Crippen LogP contribution >= 0.6 is 0 Å². The Hall–Kier alpha value is -2.17. The van der Waals surface area contributed by atoms with E-state index in [0.717, 1.165) is 0 Å². The molecule has 0 bridgehead atoms. The fourth-order valence-electron chi connectivity index (χ4n) is 1.53. The number of para-hydroxylation sites is 1. The van der Waals surface area contributed by atoms with Crippen LogP contribution in [0.1, 0.15) is 5.56 Å². The summed E-state index contributed by atoms with van der Waals surface area (Å²) in [7, 11) is 0. The van der Waals surface area contributed by atoms with E-state index < -0.39 is 6.61 Å². The fourth-order valence-corrected chi connectivity index (χ4v) is 1.53. The maximum atomic E-state index is 12.7. The molecule has 0 saturated carbocycles. The molecule has 0 aliphatic carbocycles. The van der Waals surface area contributed by atoms with Gasteiger partial charge < -0.3 is 9.47 Å². The summed E-state index contributed by atoms with van der Waals surface area (Å²) in [6.07, 6.45) is 0. The van der Waals surface area contributed by atoms with Crippen molar-refractivity contribution in [3.05, 3.63) is 59.9 Å². The zero-order valence-corrected chi connectivity index (χ0v) is 9.85. The van der Waals surface area contributed by atoms with Gasteiger partial charge in [0.1, 0.15) is 23.9 Å². The smallest absolute Gasteiger partial charge is 0.387 e. The van der Waals surface area contributed by atoms with Gasteiger partial charge in [0.15, 0.2) is 0 Å². The van der Waals surface area contributed by atoms with Crippen molar-refractivity contribution in [3.63, 3.8) is 0 Å². The zero-order chi connectivity index (χ0) is 13.7. The van der Waals surface area contributed by atoms with Gasteiger partial charge in [-0.25, -0.2) is 4.39 Å². The fraction of sp³-hybridized carbons (Fsp3) is 0.143. The molecule has 0 saturated heterocycles. The molecule has 0 fully saturated rings. The highest BCUT2D eigenvalue weighted by molar-refractivity contribution is 5.33. The molecule has 0 aromatic heterocycles. The molecule has 0 spiro atoms. The van der Waals surface area contributed by atoms with Crippen molar-refractivity contribution < 1.29 is 22.6 Å². The van der Waals surface area contributed by atoms with Gasteiger partial charge in [-0.05, 0) is 30.3 Å². The largest absolute Gasteiger partial charge is 0.489 e. The van der Waals surface area contributed by atoms with Gasteiger partial charge in [0.25, 0.3) is 0 Å². The Morgan fingerprint density at radius 1 is 0.947 bits per heavy atom. The summed E-state index contributed by atoms with van der Waals surface area (Å²) < 4.78 is 46.9. The van der Waals surface area contributed by atoms with Crippen molar-refractivity contribution in [1.29, 1.82) is 0 Å². The number of ether oxygens (including phenoxy) is 2. The van der Waals surface area contributed by atoms with E-state index >= 15 is 0 Å². The van der Waals surface area contributed by atoms with E-state index in [2.05, 4.69) is 4.74 Å². The maximum Gasteiger partial charge on any atom is 0.387 e. The third kappa shape index (κ3) is 3.91. The van der Waals surface area contributed by atoms with Crippen molar-refractivity contribution >= 4 is 0 Å². The monoisotopic (exact) mass is 268 g/mol. The van der Waals surface area contributed by atoms with Gasteiger partial charge in [0.05, 0.1) is 0 Å². The molecular weight excluding hydrogens is 257 g/mol. The Morgan fingerprint density at radius 2 is 1.63 bits per heavy atom. The van der Waals surface area contributed by atoms with Gasteiger partial charge >= 0.3 is 6.61 Å². The van der Waals surface area contributed by atoms with Crippen LogP contribution in [0.5, 0.6) is 11.5 Å². The minimum atomic E-state index is -2.88. The summed E-state index contributed by atoms with van der Waals surface area (Å²) in [5.41, 5.74) is 0.493. The van der Waals surface area contributed by atoms with Crippen molar-refractivity contribution in [2.75, 3.05) is 0 Å². The lowest BCUT2D eigenvalue weighted by Crippen LogP contribution is -2.06. The van der Waals surface area contributed by atoms with Crippen LogP contribution in [0.3, 0.4) is 0 Å². The first-order chi connectivity index (χ1) is 9.15. The highest BCUT2D eigenvalue weighted by atomic mass is 19.3. The molecule has 100 valence electrons. The van der Waals surface area contributed by atoms with Crippen LogP contribution in [0.2, 0.25) is 0 Å². The number of rotatable bonds is 5. The van der Waals surface area contributed by atoms with E-state index in [-0.39, 0.29) is 18.2 Å². The predicted molar refractivity (Wildman–Crippen MR) is 63.8 cm³/mol. The van der Waals surface area contributed by atoms with Crippen LogP contribution in [0, 0.1) is 5.82 Å². The molecular formula is C14H11F3O2. The Morgan fingerprint density at radius 3 is 2.32 bits per heavy atom. The van der Waals surface area contributed by atoms with Gasteiger partial charge in [-0.2, -0.15) is 8.78 Å². The number of hydrogen-bond donors (Lipinski definition) is 0. The molecule has 0 amide bonds. The average Bonchev–Trinajstić information content (AvgIpc) is 2.39. The molecule has 0 radical (unpaired) electrons. The molecule has 2 nitrogen and oxygen atoms in total. The zero-order valence-electron chi connectivity index (χ0n) is 9.85. The van der Waals surface area contributed by atoms with Gasteiger partial charge in [-0.1, -0.05) is 18.2 Å². The third-order valence-electron chi connectivity index (χ3n) is 2.40. The molecule has 0 unspecified atom stereocenters. The van der Waals surface area contributed by atoms with Crippen molar-refractivity contribution in [2.45, 2.75) is 13.2 Å². The molecule has 0 aliphatic heterocycles. The van der Waals surface area contributed by atoms with Crippen LogP contribution in [-0.4, -0.2) is 6.61 Å². The van der Waals surface area contributed by atoms with Gasteiger partial charge in [0.2, 0.25) is 0 Å². The van der Waals surface area contributed by atoms with E-state index in [1.165, 1.54) is 30.3 Å². The Kier molecular flexibility index (Phi) is 4.28. The summed E-state index contributed by atoms with van der Waals surface area (Å²) in [5, 5.41) is 0. The molecule has 2 rings (SSSR count). The van der Waals surface area contributed by atoms with Crippen LogP contribution in [0.4, 0.5) is 13.2 Å². The van der Waals surface area contributed by atoms with Crippen molar-refractivity contribution in [3.8, 4) is 11.5 Å². The lowest BCUT2D eigenvalue weighted by Gasteiger charge is -2.11. The van der Waals surface area contributed by atoms with Crippen LogP contribution in [0.15, 0.2) is 48.5 Å². The van der Waals surface area contributed by atoms with E-state index in [1.807, 2.05) is 0 Å². The first-order valence-corrected chi connectivity index (χ1v) is 5.56. The lowest BCUT2D eigenvalue weighted by atomic mass is 10.2. The lowest BCUT2D eigenvalue weighted by molar-refractivity contribution is -0.0508. The Bertz CT molecular complexity index is 526. The van der Waals surface area contributed by atoms with E-state index in [4.69, 9.17) is 4.74 Å². The number of alkyl halides is 2. The molecule has 5 heteroatoms. The maximum absolute atomic E-state index is 12.7. The molecule has 2 aromatic rings. The second-order valence-electron chi connectivity index (χ2n) is 3.73. The van der Waals surface area contributed by atoms with Crippen molar-refractivity contribution in [2.24, 2.45) is 0 Å². The third-order valence-corrected chi connectivity index (χ3v) is 2.40.